The summed E-state index contributed by atoms with van der Waals surface area (Å²) in [5.41, 5.74) is 6.36. The van der Waals surface area contributed by atoms with Crippen molar-refractivity contribution in [2.75, 3.05) is 0 Å². The van der Waals surface area contributed by atoms with Gasteiger partial charge in [-0.05, 0) is 52.8 Å². The van der Waals surface area contributed by atoms with Crippen LogP contribution in [0.15, 0.2) is 12.1 Å². The van der Waals surface area contributed by atoms with Crippen molar-refractivity contribution in [2.24, 2.45) is 5.92 Å². The number of rotatable bonds is 5. The highest BCUT2D eigenvalue weighted by Crippen LogP contribution is 2.32. The number of hydrogen-bond donors (Lipinski definition) is 0. The van der Waals surface area contributed by atoms with Gasteiger partial charge < -0.3 is 0 Å². The number of aryl methyl sites for hydroxylation is 1. The molecule has 18 heavy (non-hydrogen) atoms. The van der Waals surface area contributed by atoms with Gasteiger partial charge in [0.15, 0.2) is 0 Å². The fraction of sp³-hybridized carbons (Fsp3) is 0.667. The Morgan fingerprint density at radius 2 is 1.50 bits per heavy atom. The van der Waals surface area contributed by atoms with E-state index in [1.165, 1.54) is 6.42 Å². The maximum atomic E-state index is 2.37. The molecule has 0 saturated heterocycles. The Morgan fingerprint density at radius 3 is 1.89 bits per heavy atom. The van der Waals surface area contributed by atoms with Crippen LogP contribution in [0.1, 0.15) is 82.6 Å². The molecule has 1 rings (SSSR count). The molecule has 0 radical (unpaired) electrons. The molecule has 0 bridgehead atoms. The Kier molecular flexibility index (Phi) is 5.44. The summed E-state index contributed by atoms with van der Waals surface area (Å²) in [5, 5.41) is 0. The Labute approximate surface area is 114 Å². The van der Waals surface area contributed by atoms with E-state index in [9.17, 15) is 0 Å². The molecule has 1 aromatic rings. The summed E-state index contributed by atoms with van der Waals surface area (Å²) in [6.07, 6.45) is 2.37. The lowest BCUT2D eigenvalue weighted by Crippen LogP contribution is -2.09. The molecule has 0 nitrogen and oxygen atoms in total. The maximum Gasteiger partial charge on any atom is -0.0213 e. The predicted molar refractivity (Wildman–Crippen MR) is 82.5 cm³/mol. The molecule has 0 N–H and O–H groups in total. The largest absolute Gasteiger partial charge is 0.0625 e. The average molecular weight is 246 g/mol. The minimum atomic E-state index is 0.627. The minimum Gasteiger partial charge on any atom is -0.0625 e. The van der Waals surface area contributed by atoms with E-state index >= 15 is 0 Å². The van der Waals surface area contributed by atoms with Crippen LogP contribution in [0, 0.1) is 5.92 Å². The molecule has 0 atom stereocenters. The summed E-state index contributed by atoms with van der Waals surface area (Å²) in [6.45, 7) is 16.2. The van der Waals surface area contributed by atoms with Crippen LogP contribution >= 0.6 is 0 Å². The number of benzene rings is 1. The second kappa shape index (κ2) is 6.41. The first kappa shape index (κ1) is 15.3. The highest BCUT2D eigenvalue weighted by molar-refractivity contribution is 5.44. The third-order valence-electron chi connectivity index (χ3n) is 3.68. The predicted octanol–water partition coefficient (Wildman–Crippen LogP) is 5.69. The summed E-state index contributed by atoms with van der Waals surface area (Å²) in [6, 6.07) is 4.72. The van der Waals surface area contributed by atoms with E-state index in [-0.39, 0.29) is 0 Å². The first-order valence-electron chi connectivity index (χ1n) is 7.52. The third-order valence-corrected chi connectivity index (χ3v) is 3.68. The van der Waals surface area contributed by atoms with Crippen molar-refractivity contribution in [1.82, 2.24) is 0 Å². The smallest absolute Gasteiger partial charge is 0.0213 e. The molecule has 0 amide bonds. The lowest BCUT2D eigenvalue weighted by Gasteiger charge is -2.24. The van der Waals surface area contributed by atoms with Gasteiger partial charge in [0.05, 0.1) is 0 Å². The third kappa shape index (κ3) is 3.37. The van der Waals surface area contributed by atoms with Gasteiger partial charge in [-0.25, -0.2) is 0 Å². The van der Waals surface area contributed by atoms with Crippen molar-refractivity contribution in [3.63, 3.8) is 0 Å². The van der Waals surface area contributed by atoms with E-state index in [0.717, 1.165) is 12.3 Å². The number of hydrogen-bond acceptors (Lipinski definition) is 0. The van der Waals surface area contributed by atoms with Crippen LogP contribution in [-0.4, -0.2) is 0 Å². The second-order valence-corrected chi connectivity index (χ2v) is 6.47. The van der Waals surface area contributed by atoms with E-state index in [0.29, 0.717) is 11.8 Å². The van der Waals surface area contributed by atoms with Gasteiger partial charge in [0.2, 0.25) is 0 Å². The van der Waals surface area contributed by atoms with Gasteiger partial charge >= 0.3 is 0 Å². The summed E-state index contributed by atoms with van der Waals surface area (Å²) in [7, 11) is 0. The molecular weight excluding hydrogens is 216 g/mol. The lowest BCUT2D eigenvalue weighted by atomic mass is 9.81. The molecule has 0 aromatic heterocycles. The fourth-order valence-corrected chi connectivity index (χ4v) is 2.93. The average Bonchev–Trinajstić information content (AvgIpc) is 2.26. The van der Waals surface area contributed by atoms with Crippen LogP contribution in [0.25, 0.3) is 0 Å². The second-order valence-electron chi connectivity index (χ2n) is 6.47. The summed E-state index contributed by atoms with van der Waals surface area (Å²) in [4.78, 5) is 0. The topological polar surface area (TPSA) is 0 Å². The van der Waals surface area contributed by atoms with Crippen molar-refractivity contribution in [2.45, 2.75) is 73.1 Å². The maximum absolute atomic E-state index is 2.37. The Balaban J connectivity index is 3.44. The molecule has 0 heteroatoms. The zero-order chi connectivity index (χ0) is 13.9. The molecule has 0 aliphatic rings. The molecule has 0 heterocycles. The van der Waals surface area contributed by atoms with Crippen LogP contribution in [0.2, 0.25) is 0 Å². The van der Waals surface area contributed by atoms with E-state index in [4.69, 9.17) is 0 Å². The van der Waals surface area contributed by atoms with Crippen LogP contribution in [0.3, 0.4) is 0 Å². The Hall–Kier alpha value is -0.780. The van der Waals surface area contributed by atoms with Crippen molar-refractivity contribution < 1.29 is 0 Å². The SMILES string of the molecule is CCc1ccc(C(C)C)c(CC(C)C)c1C(C)C. The lowest BCUT2D eigenvalue weighted by molar-refractivity contribution is 0.627. The van der Waals surface area contributed by atoms with Gasteiger partial charge in [0.25, 0.3) is 0 Å². The molecule has 0 saturated carbocycles. The quantitative estimate of drug-likeness (QED) is 0.625. The van der Waals surface area contributed by atoms with Gasteiger partial charge in [0, 0.05) is 0 Å². The summed E-state index contributed by atoms with van der Waals surface area (Å²) < 4.78 is 0. The van der Waals surface area contributed by atoms with E-state index in [2.05, 4.69) is 60.6 Å². The van der Waals surface area contributed by atoms with Gasteiger partial charge in [0.1, 0.15) is 0 Å². The molecule has 0 aliphatic heterocycles. The van der Waals surface area contributed by atoms with Crippen LogP contribution in [0.4, 0.5) is 0 Å². The molecule has 0 fully saturated rings. The molecular formula is C18H30. The van der Waals surface area contributed by atoms with Gasteiger partial charge in [-0.3, -0.25) is 0 Å². The first-order valence-corrected chi connectivity index (χ1v) is 7.52. The minimum absolute atomic E-state index is 0.627. The van der Waals surface area contributed by atoms with Crippen LogP contribution in [-0.2, 0) is 12.8 Å². The molecule has 1 aromatic carbocycles. The van der Waals surface area contributed by atoms with Crippen LogP contribution < -0.4 is 0 Å². The Bertz CT molecular complexity index is 383. The molecule has 0 unspecified atom stereocenters. The van der Waals surface area contributed by atoms with E-state index in [1.807, 2.05) is 0 Å². The van der Waals surface area contributed by atoms with Gasteiger partial charge in [-0.15, -0.1) is 0 Å². The van der Waals surface area contributed by atoms with Crippen molar-refractivity contribution >= 4 is 0 Å². The normalized spacial score (nSPS) is 11.9. The Morgan fingerprint density at radius 1 is 0.889 bits per heavy atom. The van der Waals surface area contributed by atoms with Gasteiger partial charge in [-0.2, -0.15) is 0 Å². The standard InChI is InChI=1S/C18H30/c1-8-15-9-10-16(13(4)5)17(11-12(2)3)18(15)14(6)7/h9-10,12-14H,8,11H2,1-7H3. The monoisotopic (exact) mass is 246 g/mol. The summed E-state index contributed by atoms with van der Waals surface area (Å²) in [5.74, 6) is 1.99. The van der Waals surface area contributed by atoms with Crippen molar-refractivity contribution in [1.29, 1.82) is 0 Å². The van der Waals surface area contributed by atoms with E-state index < -0.39 is 0 Å². The first-order chi connectivity index (χ1) is 8.38. The molecule has 102 valence electrons. The highest BCUT2D eigenvalue weighted by Gasteiger charge is 2.17. The van der Waals surface area contributed by atoms with E-state index in [1.54, 1.807) is 22.3 Å². The van der Waals surface area contributed by atoms with Crippen LogP contribution in [0.5, 0.6) is 0 Å². The molecule has 0 aliphatic carbocycles. The van der Waals surface area contributed by atoms with Crippen molar-refractivity contribution in [3.8, 4) is 0 Å². The zero-order valence-corrected chi connectivity index (χ0v) is 13.3. The molecule has 0 spiro atoms. The highest BCUT2D eigenvalue weighted by atomic mass is 14.2. The van der Waals surface area contributed by atoms with Gasteiger partial charge in [-0.1, -0.05) is 60.6 Å². The fourth-order valence-electron chi connectivity index (χ4n) is 2.93. The summed E-state index contributed by atoms with van der Waals surface area (Å²) >= 11 is 0. The zero-order valence-electron chi connectivity index (χ0n) is 13.3. The van der Waals surface area contributed by atoms with Crippen molar-refractivity contribution in [3.05, 3.63) is 34.4 Å².